The number of nitrogens with zero attached hydrogens (tertiary/aromatic N) is 1. The quantitative estimate of drug-likeness (QED) is 0.871. The highest BCUT2D eigenvalue weighted by molar-refractivity contribution is 7.89. The van der Waals surface area contributed by atoms with Crippen LogP contribution in [-0.2, 0) is 14.8 Å². The van der Waals surface area contributed by atoms with Gasteiger partial charge in [0.15, 0.2) is 0 Å². The van der Waals surface area contributed by atoms with Gasteiger partial charge in [-0.05, 0) is 18.2 Å². The molecule has 1 aromatic carbocycles. The monoisotopic (exact) mass is 334 g/mol. The van der Waals surface area contributed by atoms with Crippen molar-refractivity contribution in [3.8, 4) is 5.75 Å². The van der Waals surface area contributed by atoms with Crippen LogP contribution < -0.4 is 9.46 Å². The van der Waals surface area contributed by atoms with E-state index in [2.05, 4.69) is 4.72 Å². The molecule has 9 heteroatoms. The van der Waals surface area contributed by atoms with E-state index in [0.29, 0.717) is 12.3 Å². The van der Waals surface area contributed by atoms with Crippen LogP contribution in [0.4, 0.5) is 4.79 Å². The van der Waals surface area contributed by atoms with Gasteiger partial charge in [-0.3, -0.25) is 0 Å². The summed E-state index contributed by atoms with van der Waals surface area (Å²) >= 11 is 5.91. The van der Waals surface area contributed by atoms with E-state index in [9.17, 15) is 13.2 Å². The topological polar surface area (TPSA) is 84.9 Å². The molecule has 1 unspecified atom stereocenters. The summed E-state index contributed by atoms with van der Waals surface area (Å²) in [5, 5.41) is 0.201. The maximum Gasteiger partial charge on any atom is 0.410 e. The van der Waals surface area contributed by atoms with Crippen molar-refractivity contribution in [2.45, 2.75) is 11.0 Å². The van der Waals surface area contributed by atoms with Gasteiger partial charge in [-0.15, -0.1) is 0 Å². The number of methoxy groups -OCH3 is 1. The molecule has 1 atom stereocenters. The van der Waals surface area contributed by atoms with Crippen molar-refractivity contribution in [2.75, 3.05) is 27.2 Å². The van der Waals surface area contributed by atoms with Crippen molar-refractivity contribution >= 4 is 27.7 Å². The van der Waals surface area contributed by atoms with Gasteiger partial charge in [0.2, 0.25) is 10.0 Å². The highest BCUT2D eigenvalue weighted by atomic mass is 35.5. The van der Waals surface area contributed by atoms with Crippen LogP contribution in [0.1, 0.15) is 0 Å². The first-order chi connectivity index (χ1) is 9.83. The number of sulfonamides is 1. The lowest BCUT2D eigenvalue weighted by molar-refractivity contribution is 0.135. The standard InChI is InChI=1S/C12H15ClN2O5S/c1-15-7-8(20-12(15)16)6-14-21(17,18)9-3-4-11(19-2)10(13)5-9/h3-5,8,14H,6-7H2,1-2H3. The van der Waals surface area contributed by atoms with Gasteiger partial charge in [-0.1, -0.05) is 11.6 Å². The first-order valence-electron chi connectivity index (χ1n) is 6.08. The lowest BCUT2D eigenvalue weighted by Gasteiger charge is -2.11. The second kappa shape index (κ2) is 6.08. The molecule has 116 valence electrons. The minimum Gasteiger partial charge on any atom is -0.495 e. The van der Waals surface area contributed by atoms with Crippen LogP contribution in [0.2, 0.25) is 5.02 Å². The number of hydrogen-bond acceptors (Lipinski definition) is 5. The summed E-state index contributed by atoms with van der Waals surface area (Å²) in [5.74, 6) is 0.391. The molecule has 0 aromatic heterocycles. The van der Waals surface area contributed by atoms with Crippen LogP contribution >= 0.6 is 11.6 Å². The van der Waals surface area contributed by atoms with Crippen LogP contribution in [0.5, 0.6) is 5.75 Å². The molecule has 0 aliphatic carbocycles. The summed E-state index contributed by atoms with van der Waals surface area (Å²) in [7, 11) is -0.704. The first-order valence-corrected chi connectivity index (χ1v) is 7.94. The summed E-state index contributed by atoms with van der Waals surface area (Å²) in [5.41, 5.74) is 0. The summed E-state index contributed by atoms with van der Waals surface area (Å²) < 4.78 is 36.6. The van der Waals surface area contributed by atoms with Crippen LogP contribution in [0.15, 0.2) is 23.1 Å². The number of nitrogens with one attached hydrogen (secondary N) is 1. The Morgan fingerprint density at radius 1 is 1.52 bits per heavy atom. The summed E-state index contributed by atoms with van der Waals surface area (Å²) in [6.07, 6.45) is -0.974. The fourth-order valence-corrected chi connectivity index (χ4v) is 3.27. The van der Waals surface area contributed by atoms with Gasteiger partial charge >= 0.3 is 6.09 Å². The first kappa shape index (κ1) is 15.9. The Balaban J connectivity index is 2.05. The number of ether oxygens (including phenoxy) is 2. The Bertz CT molecular complexity index is 649. The average Bonchev–Trinajstić information content (AvgIpc) is 2.76. The van der Waals surface area contributed by atoms with Gasteiger partial charge in [-0.25, -0.2) is 17.9 Å². The Morgan fingerprint density at radius 2 is 2.24 bits per heavy atom. The minimum absolute atomic E-state index is 0.00205. The average molecular weight is 335 g/mol. The molecule has 1 heterocycles. The van der Waals surface area contributed by atoms with E-state index in [0.717, 1.165) is 0 Å². The lowest BCUT2D eigenvalue weighted by Crippen LogP contribution is -2.34. The molecule has 1 saturated heterocycles. The third-order valence-electron chi connectivity index (χ3n) is 2.99. The van der Waals surface area contributed by atoms with E-state index in [1.807, 2.05) is 0 Å². The minimum atomic E-state index is -3.73. The van der Waals surface area contributed by atoms with Gasteiger partial charge in [0.1, 0.15) is 11.9 Å². The normalized spacial score (nSPS) is 18.7. The molecule has 7 nitrogen and oxygen atoms in total. The van der Waals surface area contributed by atoms with Gasteiger partial charge in [-0.2, -0.15) is 0 Å². The molecule has 0 bridgehead atoms. The fourth-order valence-electron chi connectivity index (χ4n) is 1.86. The van der Waals surface area contributed by atoms with Crippen molar-refractivity contribution in [2.24, 2.45) is 0 Å². The molecular formula is C12H15ClN2O5S. The van der Waals surface area contributed by atoms with Gasteiger partial charge in [0, 0.05) is 13.6 Å². The highest BCUT2D eigenvalue weighted by Gasteiger charge is 2.29. The van der Waals surface area contributed by atoms with E-state index in [4.69, 9.17) is 21.1 Å². The molecular weight excluding hydrogens is 320 g/mol. The molecule has 1 fully saturated rings. The molecule has 2 rings (SSSR count). The van der Waals surface area contributed by atoms with Crippen molar-refractivity contribution in [3.63, 3.8) is 0 Å². The van der Waals surface area contributed by atoms with E-state index in [1.165, 1.54) is 30.2 Å². The van der Waals surface area contributed by atoms with Crippen molar-refractivity contribution in [1.82, 2.24) is 9.62 Å². The molecule has 1 aromatic rings. The zero-order valence-electron chi connectivity index (χ0n) is 11.5. The molecule has 0 radical (unpaired) electrons. The van der Waals surface area contributed by atoms with Gasteiger partial charge < -0.3 is 14.4 Å². The van der Waals surface area contributed by atoms with Gasteiger partial charge in [0.05, 0.1) is 23.6 Å². The maximum absolute atomic E-state index is 12.1. The molecule has 0 spiro atoms. The Kier molecular flexibility index (Phi) is 4.60. The highest BCUT2D eigenvalue weighted by Crippen LogP contribution is 2.26. The molecule has 1 N–H and O–H groups in total. The second-order valence-electron chi connectivity index (χ2n) is 4.53. The number of halogens is 1. The fraction of sp³-hybridized carbons (Fsp3) is 0.417. The van der Waals surface area contributed by atoms with E-state index in [1.54, 1.807) is 7.05 Å². The van der Waals surface area contributed by atoms with Crippen molar-refractivity contribution in [3.05, 3.63) is 23.2 Å². The molecule has 21 heavy (non-hydrogen) atoms. The maximum atomic E-state index is 12.1. The van der Waals surface area contributed by atoms with E-state index < -0.39 is 22.2 Å². The molecule has 1 aliphatic heterocycles. The zero-order chi connectivity index (χ0) is 15.6. The predicted octanol–water partition coefficient (Wildman–Crippen LogP) is 1.08. The van der Waals surface area contributed by atoms with E-state index >= 15 is 0 Å². The van der Waals surface area contributed by atoms with E-state index in [-0.39, 0.29) is 16.5 Å². The summed E-state index contributed by atoms with van der Waals surface area (Å²) in [6.45, 7) is 0.340. The zero-order valence-corrected chi connectivity index (χ0v) is 13.1. The predicted molar refractivity (Wildman–Crippen MR) is 76.1 cm³/mol. The number of likely N-dealkylation sites (N-methyl/N-ethyl adjacent to an activating group) is 1. The lowest BCUT2D eigenvalue weighted by atomic mass is 10.3. The Labute approximate surface area is 127 Å². The number of hydrogen-bond donors (Lipinski definition) is 1. The number of carbonyl (C=O) groups excluding carboxylic acids is 1. The molecule has 1 amide bonds. The SMILES string of the molecule is COc1ccc(S(=O)(=O)NCC2CN(C)C(=O)O2)cc1Cl. The summed E-state index contributed by atoms with van der Waals surface area (Å²) in [6, 6.07) is 4.16. The third kappa shape index (κ3) is 3.58. The number of cyclic esters (lactones) is 1. The summed E-state index contributed by atoms with van der Waals surface area (Å²) in [4.78, 5) is 12.6. The van der Waals surface area contributed by atoms with Crippen LogP contribution in [0.25, 0.3) is 0 Å². The number of benzene rings is 1. The van der Waals surface area contributed by atoms with Crippen LogP contribution in [0.3, 0.4) is 0 Å². The Morgan fingerprint density at radius 3 is 2.76 bits per heavy atom. The van der Waals surface area contributed by atoms with Crippen LogP contribution in [0, 0.1) is 0 Å². The smallest absolute Gasteiger partial charge is 0.410 e. The van der Waals surface area contributed by atoms with Crippen molar-refractivity contribution in [1.29, 1.82) is 0 Å². The second-order valence-corrected chi connectivity index (χ2v) is 6.71. The Hall–Kier alpha value is -1.51. The van der Waals surface area contributed by atoms with Crippen LogP contribution in [-0.4, -0.2) is 52.8 Å². The van der Waals surface area contributed by atoms with Crippen molar-refractivity contribution < 1.29 is 22.7 Å². The van der Waals surface area contributed by atoms with Gasteiger partial charge in [0.25, 0.3) is 0 Å². The number of amides is 1. The molecule has 1 aliphatic rings. The largest absolute Gasteiger partial charge is 0.495 e. The third-order valence-corrected chi connectivity index (χ3v) is 4.71. The number of carbonyl (C=O) groups is 1. The number of rotatable bonds is 5. The molecule has 0 saturated carbocycles.